The number of carbonyl (C=O) groups excluding carboxylic acids is 1. The van der Waals surface area contributed by atoms with Crippen LogP contribution in [0, 0.1) is 0 Å². The van der Waals surface area contributed by atoms with E-state index in [0.717, 1.165) is 4.57 Å². The normalized spacial score (nSPS) is 24.6. The fourth-order valence-corrected chi connectivity index (χ4v) is 2.72. The van der Waals surface area contributed by atoms with Gasteiger partial charge in [0.2, 0.25) is 0 Å². The third-order valence-corrected chi connectivity index (χ3v) is 4.22. The van der Waals surface area contributed by atoms with Crippen molar-refractivity contribution in [1.29, 1.82) is 0 Å². The number of aromatic nitrogens is 2. The van der Waals surface area contributed by atoms with Crippen molar-refractivity contribution in [2.45, 2.75) is 24.5 Å². The van der Waals surface area contributed by atoms with E-state index in [9.17, 15) is 19.8 Å². The lowest BCUT2D eigenvalue weighted by atomic mass is 10.1. The van der Waals surface area contributed by atoms with E-state index >= 15 is 0 Å². The van der Waals surface area contributed by atoms with Gasteiger partial charge in [-0.05, 0) is 30.3 Å². The summed E-state index contributed by atoms with van der Waals surface area (Å²) >= 11 is 0. The van der Waals surface area contributed by atoms with E-state index in [1.165, 1.54) is 19.4 Å². The maximum atomic E-state index is 12.2. The van der Waals surface area contributed by atoms with Crippen molar-refractivity contribution in [3.63, 3.8) is 0 Å². The molecule has 1 aromatic carbocycles. The number of benzene rings is 1. The zero-order valence-electron chi connectivity index (χ0n) is 14.3. The van der Waals surface area contributed by atoms with Crippen LogP contribution in [0.4, 0.5) is 5.82 Å². The minimum Gasteiger partial charge on any atom is -0.497 e. The Hall–Kier alpha value is -2.79. The Morgan fingerprint density at radius 1 is 1.26 bits per heavy atom. The van der Waals surface area contributed by atoms with Gasteiger partial charge in [0.25, 0.3) is 5.91 Å². The Labute approximate surface area is 153 Å². The molecular formula is C17H19N3O7. The van der Waals surface area contributed by atoms with Gasteiger partial charge in [0.15, 0.2) is 6.23 Å². The predicted molar refractivity (Wildman–Crippen MR) is 92.5 cm³/mol. The number of ether oxygens (including phenoxy) is 2. The first kappa shape index (κ1) is 19.0. The van der Waals surface area contributed by atoms with Gasteiger partial charge in [-0.1, -0.05) is 0 Å². The van der Waals surface area contributed by atoms with Crippen molar-refractivity contribution < 1.29 is 29.6 Å². The summed E-state index contributed by atoms with van der Waals surface area (Å²) in [7, 11) is 1.51. The van der Waals surface area contributed by atoms with Crippen molar-refractivity contribution >= 4 is 11.7 Å². The number of nitrogens with one attached hydrogen (secondary N) is 1. The second-order valence-electron chi connectivity index (χ2n) is 5.91. The van der Waals surface area contributed by atoms with Crippen LogP contribution in [0.2, 0.25) is 0 Å². The van der Waals surface area contributed by atoms with Gasteiger partial charge in [-0.2, -0.15) is 4.98 Å². The lowest BCUT2D eigenvalue weighted by Crippen LogP contribution is -2.36. The third kappa shape index (κ3) is 3.83. The number of methoxy groups -OCH3 is 1. The molecule has 0 radical (unpaired) electrons. The molecule has 27 heavy (non-hydrogen) atoms. The van der Waals surface area contributed by atoms with Gasteiger partial charge in [0, 0.05) is 11.8 Å². The van der Waals surface area contributed by atoms with E-state index in [4.69, 9.17) is 14.6 Å². The first-order chi connectivity index (χ1) is 12.9. The highest BCUT2D eigenvalue weighted by atomic mass is 16.6. The Balaban J connectivity index is 1.75. The molecule has 0 bridgehead atoms. The molecule has 10 heteroatoms. The van der Waals surface area contributed by atoms with Gasteiger partial charge in [0.1, 0.15) is 29.9 Å². The Morgan fingerprint density at radius 3 is 2.52 bits per heavy atom. The molecule has 1 aromatic heterocycles. The van der Waals surface area contributed by atoms with Crippen LogP contribution >= 0.6 is 0 Å². The molecule has 1 aliphatic rings. The summed E-state index contributed by atoms with van der Waals surface area (Å²) in [4.78, 5) is 28.2. The Bertz CT molecular complexity index is 868. The molecule has 4 atom stereocenters. The first-order valence-corrected chi connectivity index (χ1v) is 8.11. The number of nitrogens with zero attached hydrogens (tertiary/aromatic N) is 2. The van der Waals surface area contributed by atoms with Gasteiger partial charge in [0.05, 0.1) is 13.7 Å². The molecule has 1 amide bonds. The smallest absolute Gasteiger partial charge is 0.351 e. The highest BCUT2D eigenvalue weighted by Gasteiger charge is 2.43. The summed E-state index contributed by atoms with van der Waals surface area (Å²) < 4.78 is 11.3. The fraction of sp³-hybridized carbons (Fsp3) is 0.353. The molecule has 1 aliphatic heterocycles. The zero-order chi connectivity index (χ0) is 19.6. The summed E-state index contributed by atoms with van der Waals surface area (Å²) in [5, 5.41) is 31.4. The van der Waals surface area contributed by atoms with Crippen LogP contribution in [-0.2, 0) is 4.74 Å². The first-order valence-electron chi connectivity index (χ1n) is 8.11. The van der Waals surface area contributed by atoms with Crippen LogP contribution in [0.25, 0.3) is 0 Å². The number of aliphatic hydroxyl groups is 3. The van der Waals surface area contributed by atoms with Crippen molar-refractivity contribution in [2.24, 2.45) is 0 Å². The molecular weight excluding hydrogens is 358 g/mol. The molecule has 10 nitrogen and oxygen atoms in total. The van der Waals surface area contributed by atoms with Crippen LogP contribution in [0.5, 0.6) is 5.75 Å². The summed E-state index contributed by atoms with van der Waals surface area (Å²) in [5.41, 5.74) is -0.442. The highest BCUT2D eigenvalue weighted by Crippen LogP contribution is 2.28. The minimum atomic E-state index is -1.40. The molecule has 0 aliphatic carbocycles. The van der Waals surface area contributed by atoms with Crippen molar-refractivity contribution in [3.05, 3.63) is 52.6 Å². The largest absolute Gasteiger partial charge is 0.497 e. The maximum absolute atomic E-state index is 12.2. The van der Waals surface area contributed by atoms with Crippen molar-refractivity contribution in [1.82, 2.24) is 9.55 Å². The Kier molecular flexibility index (Phi) is 5.51. The molecule has 4 N–H and O–H groups in total. The van der Waals surface area contributed by atoms with E-state index in [-0.39, 0.29) is 5.82 Å². The predicted octanol–water partition coefficient (Wildman–Crippen LogP) is -0.884. The maximum Gasteiger partial charge on any atom is 0.351 e. The van der Waals surface area contributed by atoms with Crippen LogP contribution in [0.3, 0.4) is 0 Å². The van der Waals surface area contributed by atoms with Gasteiger partial charge < -0.3 is 30.1 Å². The SMILES string of the molecule is COc1ccc(C(=O)Nc2ccn(C3OC(CO)C(O)C3O)c(=O)n2)cc1. The highest BCUT2D eigenvalue weighted by molar-refractivity contribution is 6.03. The van der Waals surface area contributed by atoms with E-state index in [1.807, 2.05) is 0 Å². The number of rotatable bonds is 5. The summed E-state index contributed by atoms with van der Waals surface area (Å²) in [6.45, 7) is -0.507. The Morgan fingerprint density at radius 2 is 1.96 bits per heavy atom. The van der Waals surface area contributed by atoms with E-state index in [0.29, 0.717) is 11.3 Å². The molecule has 0 spiro atoms. The van der Waals surface area contributed by atoms with Crippen LogP contribution in [0.1, 0.15) is 16.6 Å². The third-order valence-electron chi connectivity index (χ3n) is 4.22. The average molecular weight is 377 g/mol. The summed E-state index contributed by atoms with van der Waals surface area (Å²) in [6, 6.07) is 7.74. The fourth-order valence-electron chi connectivity index (χ4n) is 2.72. The molecule has 0 saturated carbocycles. The number of amides is 1. The van der Waals surface area contributed by atoms with Crippen molar-refractivity contribution in [2.75, 3.05) is 19.0 Å². The quantitative estimate of drug-likeness (QED) is 0.526. The molecule has 144 valence electrons. The zero-order valence-corrected chi connectivity index (χ0v) is 14.3. The van der Waals surface area contributed by atoms with Gasteiger partial charge in [-0.15, -0.1) is 0 Å². The lowest BCUT2D eigenvalue weighted by Gasteiger charge is -2.17. The second kappa shape index (κ2) is 7.84. The van der Waals surface area contributed by atoms with Gasteiger partial charge in [-0.3, -0.25) is 9.36 Å². The average Bonchev–Trinajstić information content (AvgIpc) is 2.96. The van der Waals surface area contributed by atoms with Crippen LogP contribution < -0.4 is 15.7 Å². The van der Waals surface area contributed by atoms with E-state index < -0.39 is 42.7 Å². The number of hydrogen-bond donors (Lipinski definition) is 4. The number of hydrogen-bond acceptors (Lipinski definition) is 8. The number of aliphatic hydroxyl groups excluding tert-OH is 3. The van der Waals surface area contributed by atoms with Crippen LogP contribution in [0.15, 0.2) is 41.3 Å². The lowest BCUT2D eigenvalue weighted by molar-refractivity contribution is -0.0549. The number of anilines is 1. The summed E-state index contributed by atoms with van der Waals surface area (Å²) in [5.74, 6) is 0.157. The number of carbonyl (C=O) groups is 1. The molecule has 3 rings (SSSR count). The van der Waals surface area contributed by atoms with E-state index in [2.05, 4.69) is 10.3 Å². The van der Waals surface area contributed by atoms with Gasteiger partial charge >= 0.3 is 5.69 Å². The topological polar surface area (TPSA) is 143 Å². The minimum absolute atomic E-state index is 0.0174. The monoisotopic (exact) mass is 377 g/mol. The van der Waals surface area contributed by atoms with E-state index in [1.54, 1.807) is 24.3 Å². The van der Waals surface area contributed by atoms with Crippen LogP contribution in [-0.4, -0.2) is 62.8 Å². The second-order valence-corrected chi connectivity index (χ2v) is 5.91. The molecule has 2 heterocycles. The molecule has 2 aromatic rings. The molecule has 4 unspecified atom stereocenters. The van der Waals surface area contributed by atoms with Gasteiger partial charge in [-0.25, -0.2) is 4.79 Å². The molecule has 1 saturated heterocycles. The molecule has 1 fully saturated rings. The standard InChI is InChI=1S/C17H19N3O7/c1-26-10-4-2-9(3-5-10)15(24)18-12-6-7-20(17(25)19-12)16-14(23)13(22)11(8-21)27-16/h2-7,11,13-14,16,21-23H,8H2,1H3,(H,18,19,24,25). The van der Waals surface area contributed by atoms with Crippen molar-refractivity contribution in [3.8, 4) is 5.75 Å². The summed E-state index contributed by atoms with van der Waals surface area (Å²) in [6.07, 6.45) is -3.66.